The van der Waals surface area contributed by atoms with E-state index in [1.165, 1.54) is 17.8 Å². The minimum absolute atomic E-state index is 0.309. The Morgan fingerprint density at radius 2 is 2.29 bits per heavy atom. The highest BCUT2D eigenvalue weighted by Gasteiger charge is 2.28. The number of aliphatic carboxylic acids is 1. The Kier molecular flexibility index (Phi) is 5.27. The lowest BCUT2D eigenvalue weighted by Gasteiger charge is -2.14. The molecule has 3 N–H and O–H groups in total. The molecule has 0 unspecified atom stereocenters. The lowest BCUT2D eigenvalue weighted by atomic mass is 9.79. The maximum Gasteiger partial charge on any atom is 0.491 e. The van der Waals surface area contributed by atoms with E-state index in [2.05, 4.69) is 5.32 Å². The van der Waals surface area contributed by atoms with Gasteiger partial charge in [0.05, 0.1) is 6.61 Å². The van der Waals surface area contributed by atoms with Gasteiger partial charge in [0.1, 0.15) is 6.04 Å². The van der Waals surface area contributed by atoms with Crippen molar-refractivity contribution >= 4 is 36.2 Å². The zero-order chi connectivity index (χ0) is 15.4. The first-order chi connectivity index (χ1) is 10.0. The third-order valence-electron chi connectivity index (χ3n) is 3.28. The third kappa shape index (κ3) is 3.78. The topological polar surface area (TPSA) is 95.9 Å². The SMILES string of the molecule is CSCC[C@H](NC(=O)c1ccc2c(c1)B(O)OC2)C(=O)O. The van der Waals surface area contributed by atoms with Crippen molar-refractivity contribution in [3.8, 4) is 0 Å². The van der Waals surface area contributed by atoms with Crippen LogP contribution < -0.4 is 10.8 Å². The molecule has 0 bridgehead atoms. The van der Waals surface area contributed by atoms with E-state index in [0.717, 1.165) is 5.56 Å². The van der Waals surface area contributed by atoms with Crippen molar-refractivity contribution in [1.29, 1.82) is 0 Å². The smallest absolute Gasteiger partial charge is 0.480 e. The van der Waals surface area contributed by atoms with Crippen molar-refractivity contribution in [2.75, 3.05) is 12.0 Å². The predicted molar refractivity (Wildman–Crippen MR) is 80.7 cm³/mol. The Morgan fingerprint density at radius 3 is 2.95 bits per heavy atom. The largest absolute Gasteiger partial charge is 0.491 e. The van der Waals surface area contributed by atoms with E-state index < -0.39 is 25.0 Å². The maximum atomic E-state index is 12.1. The van der Waals surface area contributed by atoms with Crippen molar-refractivity contribution in [2.45, 2.75) is 19.1 Å². The summed E-state index contributed by atoms with van der Waals surface area (Å²) in [6, 6.07) is 3.93. The van der Waals surface area contributed by atoms with Crippen LogP contribution in [0.25, 0.3) is 0 Å². The van der Waals surface area contributed by atoms with E-state index in [0.29, 0.717) is 29.8 Å². The van der Waals surface area contributed by atoms with Crippen LogP contribution in [0.3, 0.4) is 0 Å². The van der Waals surface area contributed by atoms with E-state index in [1.54, 1.807) is 12.1 Å². The quantitative estimate of drug-likeness (QED) is 0.632. The number of carbonyl (C=O) groups excluding carboxylic acids is 1. The normalized spacial score (nSPS) is 14.7. The Labute approximate surface area is 127 Å². The summed E-state index contributed by atoms with van der Waals surface area (Å²) < 4.78 is 5.06. The monoisotopic (exact) mass is 309 g/mol. The number of thioether (sulfide) groups is 1. The molecule has 0 radical (unpaired) electrons. The Bertz CT molecular complexity index is 553. The first-order valence-corrected chi connectivity index (χ1v) is 7.87. The fourth-order valence-electron chi connectivity index (χ4n) is 2.09. The van der Waals surface area contributed by atoms with Crippen LogP contribution in [-0.2, 0) is 16.1 Å². The number of hydrogen-bond donors (Lipinski definition) is 3. The molecule has 1 aromatic carbocycles. The average molecular weight is 309 g/mol. The summed E-state index contributed by atoms with van der Waals surface area (Å²) >= 11 is 1.52. The second kappa shape index (κ2) is 6.97. The van der Waals surface area contributed by atoms with Crippen molar-refractivity contribution in [3.05, 3.63) is 29.3 Å². The highest BCUT2D eigenvalue weighted by molar-refractivity contribution is 7.98. The highest BCUT2D eigenvalue weighted by atomic mass is 32.2. The molecule has 0 aromatic heterocycles. The van der Waals surface area contributed by atoms with Gasteiger partial charge in [-0.05, 0) is 41.6 Å². The van der Waals surface area contributed by atoms with Crippen molar-refractivity contribution in [2.24, 2.45) is 0 Å². The van der Waals surface area contributed by atoms with Crippen molar-refractivity contribution < 1.29 is 24.4 Å². The molecule has 1 amide bonds. The summed E-state index contributed by atoms with van der Waals surface area (Å²) in [4.78, 5) is 23.3. The van der Waals surface area contributed by atoms with Gasteiger partial charge in [0.15, 0.2) is 0 Å². The van der Waals surface area contributed by atoms with Gasteiger partial charge in [0, 0.05) is 5.56 Å². The Balaban J connectivity index is 2.09. The molecule has 112 valence electrons. The molecule has 0 fully saturated rings. The molecular formula is C13H16BNO5S. The van der Waals surface area contributed by atoms with Gasteiger partial charge in [0.2, 0.25) is 0 Å². The number of nitrogens with one attached hydrogen (secondary N) is 1. The van der Waals surface area contributed by atoms with Crippen LogP contribution >= 0.6 is 11.8 Å². The minimum Gasteiger partial charge on any atom is -0.480 e. The van der Waals surface area contributed by atoms with Crippen LogP contribution in [0.1, 0.15) is 22.3 Å². The second-order valence-corrected chi connectivity index (χ2v) is 5.71. The van der Waals surface area contributed by atoms with Gasteiger partial charge in [-0.3, -0.25) is 4.79 Å². The fourth-order valence-corrected chi connectivity index (χ4v) is 2.56. The van der Waals surface area contributed by atoms with E-state index in [1.807, 2.05) is 6.26 Å². The summed E-state index contributed by atoms with van der Waals surface area (Å²) in [5.41, 5.74) is 1.70. The van der Waals surface area contributed by atoms with Crippen LogP contribution in [0.15, 0.2) is 18.2 Å². The lowest BCUT2D eigenvalue weighted by molar-refractivity contribution is -0.139. The van der Waals surface area contributed by atoms with Gasteiger partial charge >= 0.3 is 13.1 Å². The molecule has 6 nitrogen and oxygen atoms in total. The third-order valence-corrected chi connectivity index (χ3v) is 3.93. The maximum absolute atomic E-state index is 12.1. The molecule has 0 saturated carbocycles. The molecule has 21 heavy (non-hydrogen) atoms. The molecule has 8 heteroatoms. The summed E-state index contributed by atoms with van der Waals surface area (Å²) in [6.45, 7) is 0.309. The molecule has 1 aliphatic heterocycles. The van der Waals surface area contributed by atoms with E-state index in [9.17, 15) is 14.6 Å². The predicted octanol–water partition coefficient (Wildman–Crippen LogP) is -0.160. The van der Waals surface area contributed by atoms with Gasteiger partial charge < -0.3 is 20.1 Å². The molecule has 1 aromatic rings. The number of carboxylic acid groups (broad SMARTS) is 1. The molecule has 0 spiro atoms. The number of hydrogen-bond acceptors (Lipinski definition) is 5. The van der Waals surface area contributed by atoms with Gasteiger partial charge in [-0.2, -0.15) is 11.8 Å². The summed E-state index contributed by atoms with van der Waals surface area (Å²) in [5.74, 6) is -0.874. The van der Waals surface area contributed by atoms with Crippen LogP contribution in [0.5, 0.6) is 0 Å². The standard InChI is InChI=1S/C13H16BNO5S/c1-21-5-4-11(13(17)18)15-12(16)8-2-3-9-7-20-14(19)10(9)6-8/h2-3,6,11,19H,4-5,7H2,1H3,(H,15,16)(H,17,18)/t11-/m0/s1. The molecule has 1 atom stereocenters. The molecule has 2 rings (SSSR count). The molecular weight excluding hydrogens is 293 g/mol. The van der Waals surface area contributed by atoms with E-state index >= 15 is 0 Å². The lowest BCUT2D eigenvalue weighted by Crippen LogP contribution is -2.41. The Hall–Kier alpha value is -1.51. The van der Waals surface area contributed by atoms with Gasteiger partial charge in [0.25, 0.3) is 5.91 Å². The first kappa shape index (κ1) is 15.9. The van der Waals surface area contributed by atoms with Crippen LogP contribution in [0.4, 0.5) is 0 Å². The molecule has 0 saturated heterocycles. The van der Waals surface area contributed by atoms with Crippen LogP contribution in [0.2, 0.25) is 0 Å². The van der Waals surface area contributed by atoms with Crippen LogP contribution in [0, 0.1) is 0 Å². The zero-order valence-corrected chi connectivity index (χ0v) is 12.4. The average Bonchev–Trinajstić information content (AvgIpc) is 2.84. The number of benzene rings is 1. The van der Waals surface area contributed by atoms with Crippen LogP contribution in [-0.4, -0.2) is 47.2 Å². The zero-order valence-electron chi connectivity index (χ0n) is 11.5. The summed E-state index contributed by atoms with van der Waals surface area (Å²) in [6.07, 6.45) is 2.24. The number of carbonyl (C=O) groups is 2. The molecule has 1 heterocycles. The highest BCUT2D eigenvalue weighted by Crippen LogP contribution is 2.12. The van der Waals surface area contributed by atoms with Crippen molar-refractivity contribution in [1.82, 2.24) is 5.32 Å². The molecule has 0 aliphatic carbocycles. The number of rotatable bonds is 6. The fraction of sp³-hybridized carbons (Fsp3) is 0.385. The first-order valence-electron chi connectivity index (χ1n) is 6.48. The second-order valence-electron chi connectivity index (χ2n) is 4.72. The number of carboxylic acids is 1. The number of fused-ring (bicyclic) bond motifs is 1. The van der Waals surface area contributed by atoms with E-state index in [4.69, 9.17) is 9.76 Å². The van der Waals surface area contributed by atoms with Gasteiger partial charge in [-0.25, -0.2) is 4.79 Å². The summed E-state index contributed by atoms with van der Waals surface area (Å²) in [7, 11) is -1.03. The molecule has 1 aliphatic rings. The number of amides is 1. The van der Waals surface area contributed by atoms with Gasteiger partial charge in [-0.1, -0.05) is 6.07 Å². The Morgan fingerprint density at radius 1 is 1.52 bits per heavy atom. The van der Waals surface area contributed by atoms with Crippen molar-refractivity contribution in [3.63, 3.8) is 0 Å². The van der Waals surface area contributed by atoms with Gasteiger partial charge in [-0.15, -0.1) is 0 Å². The summed E-state index contributed by atoms with van der Waals surface area (Å²) in [5, 5.41) is 21.2. The van der Waals surface area contributed by atoms with E-state index in [-0.39, 0.29) is 0 Å². The minimum atomic E-state index is -1.05.